The highest BCUT2D eigenvalue weighted by Gasteiger charge is 2.23. The summed E-state index contributed by atoms with van der Waals surface area (Å²) in [7, 11) is 0. The summed E-state index contributed by atoms with van der Waals surface area (Å²) in [6.07, 6.45) is 1.59. The molecule has 1 aromatic rings. The van der Waals surface area contributed by atoms with Gasteiger partial charge < -0.3 is 15.2 Å². The average molecular weight is 284 g/mol. The number of amides is 1. The van der Waals surface area contributed by atoms with Gasteiger partial charge in [0.25, 0.3) is 0 Å². The van der Waals surface area contributed by atoms with E-state index in [-0.39, 0.29) is 23.1 Å². The summed E-state index contributed by atoms with van der Waals surface area (Å²) in [5.74, 6) is -1.58. The number of carboxylic acids is 1. The first-order chi connectivity index (χ1) is 9.08. The Morgan fingerprint density at radius 3 is 2.84 bits per heavy atom. The summed E-state index contributed by atoms with van der Waals surface area (Å²) >= 11 is 5.75. The monoisotopic (exact) mass is 283 g/mol. The maximum absolute atomic E-state index is 12.0. The van der Waals surface area contributed by atoms with Gasteiger partial charge in [0.05, 0.1) is 23.8 Å². The van der Waals surface area contributed by atoms with Crippen molar-refractivity contribution >= 4 is 29.2 Å². The number of nitrogens with one attached hydrogen (secondary N) is 1. The fourth-order valence-corrected chi connectivity index (χ4v) is 2.16. The van der Waals surface area contributed by atoms with Gasteiger partial charge in [-0.3, -0.25) is 4.79 Å². The van der Waals surface area contributed by atoms with Crippen molar-refractivity contribution in [2.75, 3.05) is 18.5 Å². The number of carbonyl (C=O) groups is 2. The molecule has 0 aromatic heterocycles. The number of aromatic carboxylic acids is 1. The van der Waals surface area contributed by atoms with Crippen LogP contribution in [0.5, 0.6) is 0 Å². The Morgan fingerprint density at radius 2 is 2.21 bits per heavy atom. The number of rotatable bonds is 3. The van der Waals surface area contributed by atoms with Crippen LogP contribution in [0.25, 0.3) is 0 Å². The van der Waals surface area contributed by atoms with Gasteiger partial charge in [-0.2, -0.15) is 0 Å². The summed E-state index contributed by atoms with van der Waals surface area (Å²) in [6.45, 7) is 1.05. The highest BCUT2D eigenvalue weighted by atomic mass is 35.5. The van der Waals surface area contributed by atoms with Crippen molar-refractivity contribution in [3.8, 4) is 0 Å². The van der Waals surface area contributed by atoms with Crippen LogP contribution in [0.2, 0.25) is 5.02 Å². The number of carbonyl (C=O) groups excluding carboxylic acids is 1. The van der Waals surface area contributed by atoms with Crippen LogP contribution >= 0.6 is 11.6 Å². The minimum absolute atomic E-state index is 0.0161. The summed E-state index contributed by atoms with van der Waals surface area (Å²) in [6, 6.07) is 4.35. The molecule has 0 radical (unpaired) electrons. The SMILES string of the molecule is O=C(O)c1cc(Cl)ccc1NC(=O)C1CCCOC1. The molecule has 1 heterocycles. The van der Waals surface area contributed by atoms with Crippen LogP contribution in [0.15, 0.2) is 18.2 Å². The van der Waals surface area contributed by atoms with Crippen LogP contribution in [0.4, 0.5) is 5.69 Å². The van der Waals surface area contributed by atoms with Crippen molar-refractivity contribution in [1.82, 2.24) is 0 Å². The first kappa shape index (κ1) is 13.8. The second kappa shape index (κ2) is 6.04. The molecular weight excluding hydrogens is 270 g/mol. The first-order valence-corrected chi connectivity index (χ1v) is 6.37. The Labute approximate surface area is 115 Å². The number of carboxylic acid groups (broad SMARTS) is 1. The predicted molar refractivity (Wildman–Crippen MR) is 70.6 cm³/mol. The van der Waals surface area contributed by atoms with Crippen molar-refractivity contribution in [1.29, 1.82) is 0 Å². The lowest BCUT2D eigenvalue weighted by Gasteiger charge is -2.21. The minimum atomic E-state index is -1.13. The fraction of sp³-hybridized carbons (Fsp3) is 0.385. The zero-order valence-corrected chi connectivity index (χ0v) is 10.9. The zero-order chi connectivity index (χ0) is 13.8. The van der Waals surface area contributed by atoms with E-state index in [4.69, 9.17) is 21.4 Å². The van der Waals surface area contributed by atoms with Crippen LogP contribution < -0.4 is 5.32 Å². The molecular formula is C13H14ClNO4. The van der Waals surface area contributed by atoms with Crippen molar-refractivity contribution in [2.45, 2.75) is 12.8 Å². The molecule has 0 saturated carbocycles. The third-order valence-corrected chi connectivity index (χ3v) is 3.24. The van der Waals surface area contributed by atoms with Gasteiger partial charge in [0, 0.05) is 11.6 Å². The van der Waals surface area contributed by atoms with E-state index in [2.05, 4.69) is 5.32 Å². The number of benzene rings is 1. The molecule has 1 aromatic carbocycles. The molecule has 2 rings (SSSR count). The molecule has 2 N–H and O–H groups in total. The van der Waals surface area contributed by atoms with E-state index in [1.807, 2.05) is 0 Å². The maximum atomic E-state index is 12.0. The molecule has 0 spiro atoms. The van der Waals surface area contributed by atoms with Crippen LogP contribution in [-0.2, 0) is 9.53 Å². The van der Waals surface area contributed by atoms with Crippen molar-refractivity contribution in [2.24, 2.45) is 5.92 Å². The normalized spacial score (nSPS) is 18.9. The van der Waals surface area contributed by atoms with Crippen LogP contribution in [0.3, 0.4) is 0 Å². The molecule has 5 nitrogen and oxygen atoms in total. The summed E-state index contributed by atoms with van der Waals surface area (Å²) < 4.78 is 5.24. The third kappa shape index (κ3) is 3.45. The van der Waals surface area contributed by atoms with Crippen LogP contribution in [-0.4, -0.2) is 30.2 Å². The standard InChI is InChI=1S/C13H14ClNO4/c14-9-3-4-11(10(6-9)13(17)18)15-12(16)8-2-1-5-19-7-8/h3-4,6,8H,1-2,5,7H2,(H,15,16)(H,17,18). The largest absolute Gasteiger partial charge is 0.478 e. The van der Waals surface area contributed by atoms with Crippen molar-refractivity contribution in [3.05, 3.63) is 28.8 Å². The molecule has 102 valence electrons. The molecule has 1 aliphatic heterocycles. The number of hydrogen-bond acceptors (Lipinski definition) is 3. The number of ether oxygens (including phenoxy) is 1. The van der Waals surface area contributed by atoms with Gasteiger partial charge in [-0.1, -0.05) is 11.6 Å². The fourth-order valence-electron chi connectivity index (χ4n) is 1.98. The summed E-state index contributed by atoms with van der Waals surface area (Å²) in [4.78, 5) is 23.1. The third-order valence-electron chi connectivity index (χ3n) is 3.00. The van der Waals surface area contributed by atoms with Gasteiger partial charge in [0.1, 0.15) is 0 Å². The summed E-state index contributed by atoms with van der Waals surface area (Å²) in [5, 5.41) is 12.0. The Morgan fingerprint density at radius 1 is 1.42 bits per heavy atom. The molecule has 1 amide bonds. The number of anilines is 1. The van der Waals surface area contributed by atoms with E-state index in [1.165, 1.54) is 12.1 Å². The van der Waals surface area contributed by atoms with Gasteiger partial charge in [-0.15, -0.1) is 0 Å². The van der Waals surface area contributed by atoms with Crippen molar-refractivity contribution in [3.63, 3.8) is 0 Å². The van der Waals surface area contributed by atoms with E-state index in [1.54, 1.807) is 6.07 Å². The van der Waals surface area contributed by atoms with Gasteiger partial charge in [0.2, 0.25) is 5.91 Å². The van der Waals surface area contributed by atoms with E-state index in [0.29, 0.717) is 18.2 Å². The minimum Gasteiger partial charge on any atom is -0.478 e. The smallest absolute Gasteiger partial charge is 0.337 e. The van der Waals surface area contributed by atoms with E-state index in [0.717, 1.165) is 12.8 Å². The van der Waals surface area contributed by atoms with Crippen LogP contribution in [0, 0.1) is 5.92 Å². The molecule has 1 atom stereocenters. The zero-order valence-electron chi connectivity index (χ0n) is 10.2. The van der Waals surface area contributed by atoms with E-state index in [9.17, 15) is 9.59 Å². The average Bonchev–Trinajstić information content (AvgIpc) is 2.41. The Kier molecular flexibility index (Phi) is 4.39. The quantitative estimate of drug-likeness (QED) is 0.893. The highest BCUT2D eigenvalue weighted by Crippen LogP contribution is 2.22. The second-order valence-corrected chi connectivity index (χ2v) is 4.83. The molecule has 19 heavy (non-hydrogen) atoms. The molecule has 1 saturated heterocycles. The first-order valence-electron chi connectivity index (χ1n) is 5.99. The van der Waals surface area contributed by atoms with Gasteiger partial charge in [-0.25, -0.2) is 4.79 Å². The lowest BCUT2D eigenvalue weighted by atomic mass is 10.0. The topological polar surface area (TPSA) is 75.6 Å². The molecule has 1 aliphatic rings. The molecule has 1 unspecified atom stereocenters. The molecule has 1 fully saturated rings. The van der Waals surface area contributed by atoms with Gasteiger partial charge in [0.15, 0.2) is 0 Å². The van der Waals surface area contributed by atoms with Crippen LogP contribution in [0.1, 0.15) is 23.2 Å². The molecule has 0 aliphatic carbocycles. The summed E-state index contributed by atoms with van der Waals surface area (Å²) in [5.41, 5.74) is 0.241. The molecule has 0 bridgehead atoms. The highest BCUT2D eigenvalue weighted by molar-refractivity contribution is 6.31. The Bertz CT molecular complexity index is 497. The van der Waals surface area contributed by atoms with Gasteiger partial charge >= 0.3 is 5.97 Å². The Balaban J connectivity index is 2.13. The lowest BCUT2D eigenvalue weighted by Crippen LogP contribution is -2.30. The van der Waals surface area contributed by atoms with E-state index >= 15 is 0 Å². The Hall–Kier alpha value is -1.59. The molecule has 6 heteroatoms. The number of halogens is 1. The maximum Gasteiger partial charge on any atom is 0.337 e. The van der Waals surface area contributed by atoms with Crippen molar-refractivity contribution < 1.29 is 19.4 Å². The second-order valence-electron chi connectivity index (χ2n) is 4.40. The lowest BCUT2D eigenvalue weighted by molar-refractivity contribution is -0.123. The number of hydrogen-bond donors (Lipinski definition) is 2. The van der Waals surface area contributed by atoms with Gasteiger partial charge in [-0.05, 0) is 31.0 Å². The van der Waals surface area contributed by atoms with E-state index < -0.39 is 5.97 Å². The predicted octanol–water partition coefficient (Wildman–Crippen LogP) is 2.40.